The summed E-state index contributed by atoms with van der Waals surface area (Å²) in [6, 6.07) is 0. The van der Waals surface area contributed by atoms with Crippen molar-refractivity contribution < 1.29 is 9.47 Å². The molecule has 0 aliphatic rings. The number of H-pyrrole nitrogens is 1. The zero-order valence-corrected chi connectivity index (χ0v) is 21.9. The standard InChI is InChI=1S/C7H7N3OS.C6H4BrN3S.C5H7N3OS/c1-4-9-6-7(12-4)10-5(11-2)3-8-6;1-3-9-5-6(11-3)10-4(7)2-8-5;1-9-3-2-7-4(6)5(10)8-3/h3H,1-2H3;2H,1H3;2H,1H3,(H2,6,7)(H,8,10). The molecule has 0 fully saturated rings. The first-order valence-corrected chi connectivity index (χ1v) is 11.9. The topological polar surface area (TPSA) is 150 Å². The Hall–Kier alpha value is -2.88. The second-order valence-corrected chi connectivity index (χ2v) is 9.58. The van der Waals surface area contributed by atoms with Crippen molar-refractivity contribution >= 4 is 77.6 Å². The Kier molecular flexibility index (Phi) is 8.49. The number of methoxy groups -OCH3 is 2. The number of thiazole rings is 2. The molecule has 0 spiro atoms. The van der Waals surface area contributed by atoms with Crippen molar-refractivity contribution in [3.63, 3.8) is 0 Å². The summed E-state index contributed by atoms with van der Waals surface area (Å²) in [7, 11) is 3.10. The van der Waals surface area contributed by atoms with E-state index < -0.39 is 0 Å². The maximum atomic E-state index is 5.34. The number of nitrogens with zero attached hydrogens (tertiary/aromatic N) is 7. The van der Waals surface area contributed by atoms with Crippen LogP contribution >= 0.6 is 50.8 Å². The number of aromatic nitrogens is 8. The predicted octanol–water partition coefficient (Wildman–Crippen LogP) is 4.29. The van der Waals surface area contributed by atoms with Gasteiger partial charge in [0, 0.05) is 0 Å². The van der Waals surface area contributed by atoms with E-state index in [0.29, 0.717) is 27.9 Å². The fraction of sp³-hybridized carbons (Fsp3) is 0.222. The minimum Gasteiger partial charge on any atom is -0.481 e. The number of hydrogen-bond acceptors (Lipinski definition) is 13. The predicted molar refractivity (Wildman–Crippen MR) is 135 cm³/mol. The van der Waals surface area contributed by atoms with Crippen molar-refractivity contribution in [3.05, 3.63) is 37.8 Å². The molecule has 0 amide bonds. The number of halogens is 1. The Morgan fingerprint density at radius 2 is 1.48 bits per heavy atom. The van der Waals surface area contributed by atoms with E-state index in [4.69, 9.17) is 27.4 Å². The van der Waals surface area contributed by atoms with Crippen LogP contribution in [0.5, 0.6) is 11.8 Å². The van der Waals surface area contributed by atoms with Crippen LogP contribution in [0.4, 0.5) is 5.82 Å². The van der Waals surface area contributed by atoms with E-state index in [0.717, 1.165) is 29.9 Å². The molecule has 15 heteroatoms. The second-order valence-electron chi connectivity index (χ2n) is 5.99. The molecule has 0 radical (unpaired) electrons. The van der Waals surface area contributed by atoms with Gasteiger partial charge in [-0.1, -0.05) is 34.9 Å². The normalized spacial score (nSPS) is 10.2. The molecule has 0 aromatic carbocycles. The van der Waals surface area contributed by atoms with Gasteiger partial charge >= 0.3 is 0 Å². The number of rotatable bonds is 2. The van der Waals surface area contributed by atoms with Gasteiger partial charge in [0.2, 0.25) is 11.8 Å². The van der Waals surface area contributed by atoms with Gasteiger partial charge in [0.05, 0.1) is 42.8 Å². The molecule has 0 aliphatic heterocycles. The van der Waals surface area contributed by atoms with Crippen molar-refractivity contribution in [2.24, 2.45) is 0 Å². The van der Waals surface area contributed by atoms with E-state index >= 15 is 0 Å². The molecule has 5 aromatic rings. The van der Waals surface area contributed by atoms with E-state index in [9.17, 15) is 0 Å². The lowest BCUT2D eigenvalue weighted by molar-refractivity contribution is 0.395. The second kappa shape index (κ2) is 11.3. The van der Waals surface area contributed by atoms with E-state index in [1.807, 2.05) is 13.8 Å². The molecule has 0 saturated heterocycles. The minimum absolute atomic E-state index is 0.316. The zero-order valence-electron chi connectivity index (χ0n) is 17.9. The molecule has 0 bridgehead atoms. The summed E-state index contributed by atoms with van der Waals surface area (Å²) in [5.74, 6) is 1.36. The minimum atomic E-state index is 0.316. The summed E-state index contributed by atoms with van der Waals surface area (Å²) in [6.45, 7) is 3.88. The van der Waals surface area contributed by atoms with Gasteiger partial charge in [0.25, 0.3) is 0 Å². The first-order valence-electron chi connectivity index (χ1n) is 9.07. The monoisotopic (exact) mass is 567 g/mol. The maximum Gasteiger partial charge on any atom is 0.233 e. The Balaban J connectivity index is 0.000000140. The molecule has 0 saturated carbocycles. The molecule has 5 rings (SSSR count). The van der Waals surface area contributed by atoms with Crippen LogP contribution in [0.3, 0.4) is 0 Å². The molecule has 172 valence electrons. The summed E-state index contributed by atoms with van der Waals surface area (Å²) < 4.78 is 10.9. The van der Waals surface area contributed by atoms with Crippen molar-refractivity contribution in [1.82, 2.24) is 39.9 Å². The SMILES string of the molecule is COc1cnc(N)c(=S)[nH]1.COc1cnc2nc(C)sc2n1.Cc1nc2ncc(Br)nc2s1. The third kappa shape index (κ3) is 6.80. The number of aromatic amines is 1. The summed E-state index contributed by atoms with van der Waals surface area (Å²) in [4.78, 5) is 33.1. The molecular weight excluding hydrogens is 550 g/mol. The van der Waals surface area contributed by atoms with Gasteiger partial charge in [-0.25, -0.2) is 29.9 Å². The number of aryl methyl sites for hydroxylation is 2. The van der Waals surface area contributed by atoms with Gasteiger partial charge in [-0.3, -0.25) is 0 Å². The molecule has 0 unspecified atom stereocenters. The van der Waals surface area contributed by atoms with Crippen molar-refractivity contribution in [1.29, 1.82) is 0 Å². The van der Waals surface area contributed by atoms with Gasteiger partial charge < -0.3 is 20.2 Å². The average molecular weight is 569 g/mol. The van der Waals surface area contributed by atoms with Crippen LogP contribution in [0.25, 0.3) is 21.0 Å². The number of nitrogens with one attached hydrogen (secondary N) is 1. The lowest BCUT2D eigenvalue weighted by atomic mass is 10.7. The highest BCUT2D eigenvalue weighted by atomic mass is 79.9. The third-order valence-corrected chi connectivity index (χ3v) is 6.03. The van der Waals surface area contributed by atoms with Crippen LogP contribution in [0.15, 0.2) is 23.2 Å². The molecular formula is C18H18BrN9O2S3. The summed E-state index contributed by atoms with van der Waals surface area (Å²) >= 11 is 11.1. The Morgan fingerprint density at radius 3 is 2.06 bits per heavy atom. The number of nitrogens with two attached hydrogens (primary N) is 1. The maximum absolute atomic E-state index is 5.34. The summed E-state index contributed by atoms with van der Waals surface area (Å²) in [6.07, 6.45) is 4.70. The number of ether oxygens (including phenoxy) is 2. The largest absolute Gasteiger partial charge is 0.481 e. The Morgan fingerprint density at radius 1 is 0.879 bits per heavy atom. The molecule has 0 aliphatic carbocycles. The lowest BCUT2D eigenvalue weighted by Gasteiger charge is -1.97. The van der Waals surface area contributed by atoms with Crippen molar-refractivity contribution in [2.45, 2.75) is 13.8 Å². The van der Waals surface area contributed by atoms with Gasteiger partial charge in [0.1, 0.15) is 9.24 Å². The molecule has 5 heterocycles. The number of anilines is 1. The Bertz CT molecular complexity index is 1440. The van der Waals surface area contributed by atoms with E-state index in [1.54, 1.807) is 30.8 Å². The smallest absolute Gasteiger partial charge is 0.233 e. The van der Waals surface area contributed by atoms with E-state index in [-0.39, 0.29) is 0 Å². The van der Waals surface area contributed by atoms with Crippen LogP contribution in [0.1, 0.15) is 10.0 Å². The van der Waals surface area contributed by atoms with Gasteiger partial charge in [-0.05, 0) is 29.8 Å². The van der Waals surface area contributed by atoms with Gasteiger partial charge in [-0.2, -0.15) is 4.98 Å². The molecule has 11 nitrogen and oxygen atoms in total. The quantitative estimate of drug-likeness (QED) is 0.294. The van der Waals surface area contributed by atoms with Gasteiger partial charge in [-0.15, -0.1) is 0 Å². The Labute approximate surface area is 209 Å². The average Bonchev–Trinajstić information content (AvgIpc) is 3.35. The molecule has 33 heavy (non-hydrogen) atoms. The van der Waals surface area contributed by atoms with Crippen LogP contribution in [0, 0.1) is 18.5 Å². The van der Waals surface area contributed by atoms with Crippen LogP contribution in [-0.2, 0) is 0 Å². The summed E-state index contributed by atoms with van der Waals surface area (Å²) in [5, 5.41) is 1.97. The molecule has 0 atom stereocenters. The first kappa shape index (κ1) is 24.8. The molecule has 3 N–H and O–H groups in total. The van der Waals surface area contributed by atoms with Crippen molar-refractivity contribution in [3.8, 4) is 11.8 Å². The fourth-order valence-electron chi connectivity index (χ4n) is 2.21. The zero-order chi connectivity index (χ0) is 24.0. The third-order valence-electron chi connectivity index (χ3n) is 3.63. The van der Waals surface area contributed by atoms with E-state index in [2.05, 4.69) is 55.8 Å². The number of nitrogen functional groups attached to an aromatic ring is 1. The van der Waals surface area contributed by atoms with Crippen molar-refractivity contribution in [2.75, 3.05) is 20.0 Å². The van der Waals surface area contributed by atoms with Crippen LogP contribution < -0.4 is 15.2 Å². The molecule has 5 aromatic heterocycles. The van der Waals surface area contributed by atoms with Crippen LogP contribution in [0.2, 0.25) is 0 Å². The highest BCUT2D eigenvalue weighted by molar-refractivity contribution is 9.10. The summed E-state index contributed by atoms with van der Waals surface area (Å²) in [5.41, 5.74) is 6.77. The first-order chi connectivity index (χ1) is 15.8. The lowest BCUT2D eigenvalue weighted by Crippen LogP contribution is -1.95. The highest BCUT2D eigenvalue weighted by Crippen LogP contribution is 2.20. The highest BCUT2D eigenvalue weighted by Gasteiger charge is 2.04. The van der Waals surface area contributed by atoms with Crippen LogP contribution in [-0.4, -0.2) is 54.1 Å². The van der Waals surface area contributed by atoms with Gasteiger partial charge in [0.15, 0.2) is 26.8 Å². The number of fused-ring (bicyclic) bond motifs is 2. The van der Waals surface area contributed by atoms with E-state index in [1.165, 1.54) is 24.6 Å². The number of hydrogen-bond donors (Lipinski definition) is 2. The fourth-order valence-corrected chi connectivity index (χ4v) is 4.24.